The van der Waals surface area contributed by atoms with Gasteiger partial charge in [0.25, 0.3) is 0 Å². The van der Waals surface area contributed by atoms with Gasteiger partial charge in [0, 0.05) is 56.8 Å². The van der Waals surface area contributed by atoms with Crippen LogP contribution in [0.2, 0.25) is 5.02 Å². The van der Waals surface area contributed by atoms with Crippen LogP contribution in [-0.2, 0) is 21.4 Å². The summed E-state index contributed by atoms with van der Waals surface area (Å²) in [7, 11) is 1.65. The minimum atomic E-state index is -0.471. The molecule has 2 amide bonds. The Kier molecular flexibility index (Phi) is 7.07. The number of piperazine rings is 1. The minimum absolute atomic E-state index is 0.166. The lowest BCUT2D eigenvalue weighted by atomic mass is 9.94. The number of rotatable bonds is 6. The number of methoxy groups -OCH3 is 1. The lowest BCUT2D eigenvalue weighted by molar-refractivity contribution is -0.133. The Morgan fingerprint density at radius 2 is 1.74 bits per heavy atom. The van der Waals surface area contributed by atoms with Crippen molar-refractivity contribution in [3.05, 3.63) is 28.3 Å². The smallest absolute Gasteiger partial charge is 0.410 e. The number of carbonyl (C=O) groups is 2. The summed E-state index contributed by atoms with van der Waals surface area (Å²) in [4.78, 5) is 31.2. The van der Waals surface area contributed by atoms with E-state index in [0.29, 0.717) is 32.0 Å². The topological polar surface area (TPSA) is 62.3 Å². The van der Waals surface area contributed by atoms with Gasteiger partial charge in [-0.15, -0.1) is 0 Å². The second-order valence-corrected chi connectivity index (χ2v) is 11.6. The zero-order valence-corrected chi connectivity index (χ0v) is 21.9. The van der Waals surface area contributed by atoms with Gasteiger partial charge in [0.1, 0.15) is 11.4 Å². The van der Waals surface area contributed by atoms with Crippen LogP contribution < -0.4 is 4.74 Å². The molecule has 0 spiro atoms. The largest absolute Gasteiger partial charge is 0.496 e. The summed E-state index contributed by atoms with van der Waals surface area (Å²) in [6.45, 7) is 12.4. The molecule has 3 fully saturated rings. The monoisotopic (exact) mass is 491 g/mol. The molecule has 3 aliphatic rings. The summed E-state index contributed by atoms with van der Waals surface area (Å²) >= 11 is 6.51. The number of nitrogens with zero attached hydrogens (tertiary/aromatic N) is 3. The number of amides is 2. The first-order valence-corrected chi connectivity index (χ1v) is 12.7. The Hall–Kier alpha value is -1.99. The molecule has 1 aromatic rings. The first kappa shape index (κ1) is 25.1. The van der Waals surface area contributed by atoms with Crippen molar-refractivity contribution in [2.24, 2.45) is 0 Å². The molecule has 188 valence electrons. The quantitative estimate of drug-likeness (QED) is 0.599. The average Bonchev–Trinajstić information content (AvgIpc) is 3.48. The number of ether oxygens (including phenoxy) is 2. The second kappa shape index (κ2) is 9.57. The predicted molar refractivity (Wildman–Crippen MR) is 133 cm³/mol. The van der Waals surface area contributed by atoms with Crippen molar-refractivity contribution < 1.29 is 19.1 Å². The molecular weight excluding hydrogens is 454 g/mol. The third-order valence-electron chi connectivity index (χ3n) is 7.33. The van der Waals surface area contributed by atoms with Crippen molar-refractivity contribution in [3.8, 4) is 5.75 Å². The fourth-order valence-electron chi connectivity index (χ4n) is 4.80. The zero-order chi connectivity index (χ0) is 24.7. The zero-order valence-electron chi connectivity index (χ0n) is 21.2. The Labute approximate surface area is 208 Å². The van der Waals surface area contributed by atoms with E-state index in [-0.39, 0.29) is 17.4 Å². The van der Waals surface area contributed by atoms with E-state index >= 15 is 0 Å². The van der Waals surface area contributed by atoms with Crippen LogP contribution in [0.4, 0.5) is 4.79 Å². The maximum absolute atomic E-state index is 12.9. The molecule has 8 heteroatoms. The van der Waals surface area contributed by atoms with Crippen LogP contribution >= 0.6 is 11.6 Å². The number of carbonyl (C=O) groups excluding carboxylic acids is 2. The maximum atomic E-state index is 12.9. The number of aryl methyl sites for hydroxylation is 1. The molecule has 0 radical (unpaired) electrons. The standard InChI is InChI=1S/C26H38ClN3O4/c1-25(2,3)34-24(32)30-16-19(17-30)28-10-12-29(13-11-28)23(31)7-6-18-14-20(26(4)8-9-26)21(27)15-22(18)33-5/h14-15,19H,6-13,16-17H2,1-5H3. The Morgan fingerprint density at radius 3 is 2.29 bits per heavy atom. The number of halogens is 1. The van der Waals surface area contributed by atoms with Crippen LogP contribution in [0.15, 0.2) is 12.1 Å². The van der Waals surface area contributed by atoms with Gasteiger partial charge in [-0.1, -0.05) is 24.6 Å². The van der Waals surface area contributed by atoms with Crippen LogP contribution in [0, 0.1) is 0 Å². The summed E-state index contributed by atoms with van der Waals surface area (Å²) in [5.74, 6) is 0.940. The van der Waals surface area contributed by atoms with E-state index in [1.165, 1.54) is 5.56 Å². The van der Waals surface area contributed by atoms with E-state index in [4.69, 9.17) is 21.1 Å². The first-order chi connectivity index (χ1) is 16.0. The molecule has 2 saturated heterocycles. The molecule has 0 bridgehead atoms. The molecule has 1 aliphatic carbocycles. The Balaban J connectivity index is 1.24. The third-order valence-corrected chi connectivity index (χ3v) is 7.64. The molecule has 7 nitrogen and oxygen atoms in total. The average molecular weight is 492 g/mol. The number of hydrogen-bond donors (Lipinski definition) is 0. The van der Waals surface area contributed by atoms with Crippen LogP contribution in [0.25, 0.3) is 0 Å². The Bertz CT molecular complexity index is 927. The molecule has 2 aliphatic heterocycles. The number of hydrogen-bond acceptors (Lipinski definition) is 5. The molecule has 0 unspecified atom stereocenters. The number of benzene rings is 1. The van der Waals surface area contributed by atoms with Gasteiger partial charge in [0.15, 0.2) is 0 Å². The molecular formula is C26H38ClN3O4. The van der Waals surface area contributed by atoms with Crippen molar-refractivity contribution in [2.45, 2.75) is 70.4 Å². The van der Waals surface area contributed by atoms with E-state index in [9.17, 15) is 9.59 Å². The number of likely N-dealkylation sites (tertiary alicyclic amines) is 1. The van der Waals surface area contributed by atoms with Crippen LogP contribution in [0.3, 0.4) is 0 Å². The van der Waals surface area contributed by atoms with Gasteiger partial charge in [-0.25, -0.2) is 4.79 Å². The Morgan fingerprint density at radius 1 is 1.09 bits per heavy atom. The molecule has 1 saturated carbocycles. The summed E-state index contributed by atoms with van der Waals surface area (Å²) in [5, 5.41) is 0.754. The van der Waals surface area contributed by atoms with Gasteiger partial charge in [-0.3, -0.25) is 9.69 Å². The lowest BCUT2D eigenvalue weighted by Crippen LogP contribution is -2.64. The van der Waals surface area contributed by atoms with E-state index in [1.807, 2.05) is 31.7 Å². The molecule has 0 atom stereocenters. The van der Waals surface area contributed by atoms with Crippen molar-refractivity contribution in [2.75, 3.05) is 46.4 Å². The van der Waals surface area contributed by atoms with Crippen LogP contribution in [0.1, 0.15) is 58.1 Å². The van der Waals surface area contributed by atoms with Crippen LogP contribution in [-0.4, -0.2) is 84.7 Å². The van der Waals surface area contributed by atoms with E-state index in [1.54, 1.807) is 12.0 Å². The minimum Gasteiger partial charge on any atom is -0.496 e. The van der Waals surface area contributed by atoms with Gasteiger partial charge >= 0.3 is 6.09 Å². The van der Waals surface area contributed by atoms with Crippen LogP contribution in [0.5, 0.6) is 5.75 Å². The van der Waals surface area contributed by atoms with Gasteiger partial charge in [-0.05, 0) is 62.6 Å². The van der Waals surface area contributed by atoms with E-state index in [2.05, 4.69) is 17.9 Å². The van der Waals surface area contributed by atoms with Crippen molar-refractivity contribution >= 4 is 23.6 Å². The highest BCUT2D eigenvalue weighted by Gasteiger charge is 2.41. The van der Waals surface area contributed by atoms with E-state index < -0.39 is 5.60 Å². The lowest BCUT2D eigenvalue weighted by Gasteiger charge is -2.48. The summed E-state index contributed by atoms with van der Waals surface area (Å²) < 4.78 is 11.0. The molecule has 34 heavy (non-hydrogen) atoms. The highest BCUT2D eigenvalue weighted by molar-refractivity contribution is 6.31. The maximum Gasteiger partial charge on any atom is 0.410 e. The summed E-state index contributed by atoms with van der Waals surface area (Å²) in [6.07, 6.45) is 3.17. The SMILES string of the molecule is COc1cc(Cl)c(C2(C)CC2)cc1CCC(=O)N1CCN(C2CN(C(=O)OC(C)(C)C)C2)CC1. The fraction of sp³-hybridized carbons (Fsp3) is 0.692. The normalized spacial score (nSPS) is 20.6. The highest BCUT2D eigenvalue weighted by Crippen LogP contribution is 2.51. The predicted octanol–water partition coefficient (Wildman–Crippen LogP) is 4.10. The second-order valence-electron chi connectivity index (χ2n) is 11.2. The summed E-state index contributed by atoms with van der Waals surface area (Å²) in [6, 6.07) is 4.40. The third kappa shape index (κ3) is 5.62. The van der Waals surface area contributed by atoms with E-state index in [0.717, 1.165) is 55.4 Å². The van der Waals surface area contributed by atoms with Crippen molar-refractivity contribution in [3.63, 3.8) is 0 Å². The molecule has 2 heterocycles. The summed E-state index contributed by atoms with van der Waals surface area (Å²) in [5.41, 5.74) is 1.92. The molecule has 0 N–H and O–H groups in total. The fourth-order valence-corrected chi connectivity index (χ4v) is 5.18. The molecule has 0 aromatic heterocycles. The van der Waals surface area contributed by atoms with Gasteiger partial charge in [0.2, 0.25) is 5.91 Å². The highest BCUT2D eigenvalue weighted by atomic mass is 35.5. The van der Waals surface area contributed by atoms with Crippen molar-refractivity contribution in [1.82, 2.24) is 14.7 Å². The molecule has 4 rings (SSSR count). The van der Waals surface area contributed by atoms with Gasteiger partial charge in [-0.2, -0.15) is 0 Å². The van der Waals surface area contributed by atoms with Gasteiger partial charge in [0.05, 0.1) is 7.11 Å². The van der Waals surface area contributed by atoms with Gasteiger partial charge < -0.3 is 19.3 Å². The molecule has 1 aromatic carbocycles. The first-order valence-electron chi connectivity index (χ1n) is 12.4. The van der Waals surface area contributed by atoms with Crippen molar-refractivity contribution in [1.29, 1.82) is 0 Å².